The van der Waals surface area contributed by atoms with Crippen LogP contribution in [0.2, 0.25) is 0 Å². The minimum atomic E-state index is 0.381. The molecule has 1 heterocycles. The number of ether oxygens (including phenoxy) is 2. The van der Waals surface area contributed by atoms with Crippen LogP contribution in [0.25, 0.3) is 0 Å². The Morgan fingerprint density at radius 3 is 2.74 bits per heavy atom. The highest BCUT2D eigenvalue weighted by molar-refractivity contribution is 8.00. The summed E-state index contributed by atoms with van der Waals surface area (Å²) in [6.45, 7) is 1.49. The van der Waals surface area contributed by atoms with Crippen molar-refractivity contribution in [2.24, 2.45) is 5.73 Å². The summed E-state index contributed by atoms with van der Waals surface area (Å²) in [7, 11) is 0. The van der Waals surface area contributed by atoms with Gasteiger partial charge in [-0.2, -0.15) is 0 Å². The highest BCUT2D eigenvalue weighted by Gasteiger charge is 2.21. The number of thioether (sulfide) groups is 1. The second-order valence-electron chi connectivity index (χ2n) is 5.33. The first-order chi connectivity index (χ1) is 9.31. The van der Waals surface area contributed by atoms with Gasteiger partial charge in [-0.1, -0.05) is 6.42 Å². The minimum Gasteiger partial charge on any atom is -0.490 e. The molecule has 0 radical (unpaired) electrons. The Morgan fingerprint density at radius 1 is 1.05 bits per heavy atom. The molecule has 2 aliphatic rings. The van der Waals surface area contributed by atoms with E-state index in [2.05, 4.69) is 12.1 Å². The highest BCUT2D eigenvalue weighted by Crippen LogP contribution is 2.38. The van der Waals surface area contributed by atoms with Gasteiger partial charge in [0, 0.05) is 22.6 Å². The zero-order valence-electron chi connectivity index (χ0n) is 11.1. The van der Waals surface area contributed by atoms with E-state index in [-0.39, 0.29) is 0 Å². The monoisotopic (exact) mass is 279 g/mol. The molecule has 1 aromatic rings. The summed E-state index contributed by atoms with van der Waals surface area (Å²) in [5, 5.41) is 0.647. The van der Waals surface area contributed by atoms with Crippen molar-refractivity contribution in [1.82, 2.24) is 0 Å². The molecular formula is C15H21NO2S. The van der Waals surface area contributed by atoms with Gasteiger partial charge >= 0.3 is 0 Å². The van der Waals surface area contributed by atoms with Crippen LogP contribution in [0.3, 0.4) is 0 Å². The van der Waals surface area contributed by atoms with Crippen molar-refractivity contribution in [2.45, 2.75) is 48.3 Å². The van der Waals surface area contributed by atoms with E-state index in [0.29, 0.717) is 11.3 Å². The molecule has 2 N–H and O–H groups in total. The normalized spacial score (nSPS) is 26.8. The third-order valence-corrected chi connectivity index (χ3v) is 4.98. The molecule has 104 valence electrons. The van der Waals surface area contributed by atoms with E-state index in [1.165, 1.54) is 24.2 Å². The van der Waals surface area contributed by atoms with Gasteiger partial charge in [-0.15, -0.1) is 11.8 Å². The molecule has 3 nitrogen and oxygen atoms in total. The molecule has 1 aliphatic heterocycles. The molecule has 1 saturated carbocycles. The van der Waals surface area contributed by atoms with Gasteiger partial charge in [0.05, 0.1) is 13.2 Å². The van der Waals surface area contributed by atoms with Crippen molar-refractivity contribution in [2.75, 3.05) is 13.2 Å². The van der Waals surface area contributed by atoms with Crippen LogP contribution in [0.4, 0.5) is 0 Å². The lowest BCUT2D eigenvalue weighted by atomic mass is 9.96. The molecule has 1 fully saturated rings. The van der Waals surface area contributed by atoms with Crippen molar-refractivity contribution in [1.29, 1.82) is 0 Å². The third-order valence-electron chi connectivity index (χ3n) is 3.69. The lowest BCUT2D eigenvalue weighted by Gasteiger charge is -2.26. The van der Waals surface area contributed by atoms with E-state index < -0.39 is 0 Å². The summed E-state index contributed by atoms with van der Waals surface area (Å²) >= 11 is 1.93. The SMILES string of the molecule is NC1CCCC(Sc2ccc3c(c2)OCCCO3)C1. The van der Waals surface area contributed by atoms with Crippen LogP contribution >= 0.6 is 11.8 Å². The van der Waals surface area contributed by atoms with Gasteiger partial charge in [-0.05, 0) is 37.5 Å². The van der Waals surface area contributed by atoms with Gasteiger partial charge in [0.25, 0.3) is 0 Å². The fraction of sp³-hybridized carbons (Fsp3) is 0.600. The Labute approximate surface area is 118 Å². The van der Waals surface area contributed by atoms with Crippen LogP contribution in [-0.2, 0) is 0 Å². The summed E-state index contributed by atoms with van der Waals surface area (Å²) in [6, 6.07) is 6.67. The fourth-order valence-corrected chi connectivity index (χ4v) is 4.03. The van der Waals surface area contributed by atoms with E-state index in [4.69, 9.17) is 15.2 Å². The average molecular weight is 279 g/mol. The van der Waals surface area contributed by atoms with Crippen LogP contribution in [-0.4, -0.2) is 24.5 Å². The van der Waals surface area contributed by atoms with Gasteiger partial charge < -0.3 is 15.2 Å². The highest BCUT2D eigenvalue weighted by atomic mass is 32.2. The topological polar surface area (TPSA) is 44.5 Å². The maximum Gasteiger partial charge on any atom is 0.162 e. The van der Waals surface area contributed by atoms with E-state index >= 15 is 0 Å². The van der Waals surface area contributed by atoms with Crippen molar-refractivity contribution >= 4 is 11.8 Å². The molecule has 3 rings (SSSR count). The third kappa shape index (κ3) is 3.37. The van der Waals surface area contributed by atoms with Crippen molar-refractivity contribution in [3.63, 3.8) is 0 Å². The Kier molecular flexibility index (Phi) is 4.18. The molecule has 4 heteroatoms. The van der Waals surface area contributed by atoms with Gasteiger partial charge in [0.2, 0.25) is 0 Å². The van der Waals surface area contributed by atoms with Crippen molar-refractivity contribution < 1.29 is 9.47 Å². The molecule has 2 unspecified atom stereocenters. The van der Waals surface area contributed by atoms with E-state index in [1.54, 1.807) is 0 Å². The van der Waals surface area contributed by atoms with Gasteiger partial charge in [-0.25, -0.2) is 0 Å². The van der Waals surface area contributed by atoms with Crippen LogP contribution in [0.1, 0.15) is 32.1 Å². The second kappa shape index (κ2) is 6.06. The molecule has 2 atom stereocenters. The average Bonchev–Trinajstić information content (AvgIpc) is 2.63. The summed E-state index contributed by atoms with van der Waals surface area (Å²) in [5.41, 5.74) is 6.05. The first-order valence-electron chi connectivity index (χ1n) is 7.13. The number of hydrogen-bond acceptors (Lipinski definition) is 4. The van der Waals surface area contributed by atoms with Crippen LogP contribution < -0.4 is 15.2 Å². The first-order valence-corrected chi connectivity index (χ1v) is 8.01. The molecule has 0 saturated heterocycles. The number of fused-ring (bicyclic) bond motifs is 1. The van der Waals surface area contributed by atoms with E-state index in [9.17, 15) is 0 Å². The van der Waals surface area contributed by atoms with Gasteiger partial charge in [0.1, 0.15) is 0 Å². The number of nitrogens with two attached hydrogens (primary N) is 1. The predicted molar refractivity (Wildman–Crippen MR) is 78.1 cm³/mol. The largest absolute Gasteiger partial charge is 0.490 e. The standard InChI is InChI=1S/C15H21NO2S/c16-11-3-1-4-12(9-11)19-13-5-6-14-15(10-13)18-8-2-7-17-14/h5-6,10-12H,1-4,7-9,16H2. The lowest BCUT2D eigenvalue weighted by Crippen LogP contribution is -2.29. The molecule has 0 spiro atoms. The van der Waals surface area contributed by atoms with E-state index in [1.807, 2.05) is 17.8 Å². The fourth-order valence-electron chi connectivity index (χ4n) is 2.70. The van der Waals surface area contributed by atoms with Crippen LogP contribution in [0, 0.1) is 0 Å². The van der Waals surface area contributed by atoms with Crippen LogP contribution in [0.5, 0.6) is 11.5 Å². The zero-order valence-corrected chi connectivity index (χ0v) is 12.0. The Hall–Kier alpha value is -0.870. The Balaban J connectivity index is 1.69. The van der Waals surface area contributed by atoms with Gasteiger partial charge in [-0.3, -0.25) is 0 Å². The smallest absolute Gasteiger partial charge is 0.162 e. The zero-order chi connectivity index (χ0) is 13.1. The van der Waals surface area contributed by atoms with E-state index in [0.717, 1.165) is 37.6 Å². The van der Waals surface area contributed by atoms with Crippen molar-refractivity contribution in [3.8, 4) is 11.5 Å². The van der Waals surface area contributed by atoms with Crippen molar-refractivity contribution in [3.05, 3.63) is 18.2 Å². The maximum atomic E-state index is 6.05. The second-order valence-corrected chi connectivity index (χ2v) is 6.70. The van der Waals surface area contributed by atoms with Crippen LogP contribution in [0.15, 0.2) is 23.1 Å². The summed E-state index contributed by atoms with van der Waals surface area (Å²) in [6.07, 6.45) is 5.78. The summed E-state index contributed by atoms with van der Waals surface area (Å²) in [4.78, 5) is 1.27. The first kappa shape index (κ1) is 13.1. The lowest BCUT2D eigenvalue weighted by molar-refractivity contribution is 0.297. The molecule has 19 heavy (non-hydrogen) atoms. The predicted octanol–water partition coefficient (Wildman–Crippen LogP) is 3.21. The maximum absolute atomic E-state index is 6.05. The molecule has 0 bridgehead atoms. The molecule has 1 aromatic carbocycles. The molecule has 0 amide bonds. The summed E-state index contributed by atoms with van der Waals surface area (Å²) < 4.78 is 11.4. The summed E-state index contributed by atoms with van der Waals surface area (Å²) in [5.74, 6) is 1.77. The Morgan fingerprint density at radius 2 is 1.89 bits per heavy atom. The molecule has 0 aromatic heterocycles. The number of benzene rings is 1. The number of rotatable bonds is 2. The minimum absolute atomic E-state index is 0.381. The molecule has 1 aliphatic carbocycles. The quantitative estimate of drug-likeness (QED) is 0.903. The number of hydrogen-bond donors (Lipinski definition) is 1. The Bertz CT molecular complexity index is 438. The molecular weight excluding hydrogens is 258 g/mol. The van der Waals surface area contributed by atoms with Gasteiger partial charge in [0.15, 0.2) is 11.5 Å².